The van der Waals surface area contributed by atoms with E-state index in [-0.39, 0.29) is 12.4 Å². The fourth-order valence-electron chi connectivity index (χ4n) is 3.91. The van der Waals surface area contributed by atoms with Crippen molar-refractivity contribution >= 4 is 5.57 Å². The Labute approximate surface area is 165 Å². The molecule has 1 aliphatic heterocycles. The molecule has 0 saturated carbocycles. The molecule has 4 rings (SSSR count). The van der Waals surface area contributed by atoms with Gasteiger partial charge in [0, 0.05) is 25.2 Å². The molecular weight excluding hydrogens is 353 g/mol. The number of hydrogen-bond acceptors (Lipinski definition) is 3. The highest BCUT2D eigenvalue weighted by Crippen LogP contribution is 2.31. The van der Waals surface area contributed by atoms with Crippen LogP contribution in [0.25, 0.3) is 5.57 Å². The second-order valence-corrected chi connectivity index (χ2v) is 7.49. The van der Waals surface area contributed by atoms with E-state index in [1.165, 1.54) is 11.1 Å². The Morgan fingerprint density at radius 2 is 1.86 bits per heavy atom. The maximum atomic E-state index is 14.1. The van der Waals surface area contributed by atoms with Crippen molar-refractivity contribution in [1.82, 2.24) is 4.90 Å². The zero-order chi connectivity index (χ0) is 19.3. The molecule has 2 aromatic carbocycles. The Morgan fingerprint density at radius 3 is 2.71 bits per heavy atom. The van der Waals surface area contributed by atoms with Crippen molar-refractivity contribution in [3.05, 3.63) is 83.2 Å². The summed E-state index contributed by atoms with van der Waals surface area (Å²) in [4.78, 5) is 2.26. The van der Waals surface area contributed by atoms with Crippen molar-refractivity contribution in [2.45, 2.75) is 31.9 Å². The minimum atomic E-state index is -0.570. The van der Waals surface area contributed by atoms with Crippen molar-refractivity contribution in [3.63, 3.8) is 0 Å². The van der Waals surface area contributed by atoms with Gasteiger partial charge in [0.1, 0.15) is 24.3 Å². The topological polar surface area (TPSA) is 32.7 Å². The van der Waals surface area contributed by atoms with Gasteiger partial charge in [-0.1, -0.05) is 42.5 Å². The van der Waals surface area contributed by atoms with E-state index in [9.17, 15) is 9.50 Å². The van der Waals surface area contributed by atoms with Gasteiger partial charge in [0.25, 0.3) is 0 Å². The van der Waals surface area contributed by atoms with Gasteiger partial charge < -0.3 is 9.84 Å². The number of nitrogens with zero attached hydrogens (tertiary/aromatic N) is 1. The lowest BCUT2D eigenvalue weighted by Gasteiger charge is -2.30. The van der Waals surface area contributed by atoms with Crippen LogP contribution in [0.2, 0.25) is 0 Å². The van der Waals surface area contributed by atoms with E-state index in [0.717, 1.165) is 37.9 Å². The van der Waals surface area contributed by atoms with Crippen LogP contribution in [0.1, 0.15) is 29.5 Å². The number of aliphatic hydroxyl groups excluding tert-OH is 1. The molecular formula is C24H26FNO2. The first-order chi connectivity index (χ1) is 13.7. The Kier molecular flexibility index (Phi) is 5.89. The second kappa shape index (κ2) is 8.72. The smallest absolute Gasteiger partial charge is 0.126 e. The number of aliphatic hydroxyl groups is 1. The fraction of sp³-hybridized carbons (Fsp3) is 0.333. The molecule has 146 valence electrons. The van der Waals surface area contributed by atoms with E-state index < -0.39 is 6.10 Å². The summed E-state index contributed by atoms with van der Waals surface area (Å²) >= 11 is 0. The number of halogens is 1. The molecule has 0 aromatic heterocycles. The van der Waals surface area contributed by atoms with Crippen LogP contribution in [0, 0.1) is 0 Å². The molecule has 0 radical (unpaired) electrons. The van der Waals surface area contributed by atoms with Crippen LogP contribution in [0.3, 0.4) is 0 Å². The molecule has 1 atom stereocenters. The van der Waals surface area contributed by atoms with Gasteiger partial charge in [-0.15, -0.1) is 0 Å². The summed E-state index contributed by atoms with van der Waals surface area (Å²) in [6, 6.07) is 15.9. The van der Waals surface area contributed by atoms with Gasteiger partial charge in [0.05, 0.1) is 0 Å². The number of fused-ring (bicyclic) bond motifs is 1. The van der Waals surface area contributed by atoms with Crippen LogP contribution in [0.15, 0.2) is 66.5 Å². The predicted octanol–water partition coefficient (Wildman–Crippen LogP) is 4.52. The lowest BCUT2D eigenvalue weighted by molar-refractivity contribution is 0.0638. The largest absolute Gasteiger partial charge is 0.491 e. The van der Waals surface area contributed by atoms with Gasteiger partial charge in [0.15, 0.2) is 0 Å². The zero-order valence-electron chi connectivity index (χ0n) is 16.0. The van der Waals surface area contributed by atoms with Gasteiger partial charge >= 0.3 is 0 Å². The van der Waals surface area contributed by atoms with Crippen molar-refractivity contribution in [3.8, 4) is 5.75 Å². The van der Waals surface area contributed by atoms with Gasteiger partial charge in [0.2, 0.25) is 0 Å². The standard InChI is InChI=1S/C24H26FNO2/c25-24-11-4-3-10-23(24)19-8-5-9-22(14-19)28-17-21(27)16-26-13-12-18-6-1-2-7-20(18)15-26/h1-2,5-11,14,21,27H,3-4,12-13,15-17H2. The number of benzene rings is 2. The number of ether oxygens (including phenoxy) is 1. The van der Waals surface area contributed by atoms with Crippen LogP contribution in [-0.2, 0) is 13.0 Å². The van der Waals surface area contributed by atoms with E-state index in [0.29, 0.717) is 17.9 Å². The monoisotopic (exact) mass is 379 g/mol. The summed E-state index contributed by atoms with van der Waals surface area (Å²) in [6.07, 6.45) is 5.60. The zero-order valence-corrected chi connectivity index (χ0v) is 16.0. The molecule has 2 aromatic rings. The van der Waals surface area contributed by atoms with Gasteiger partial charge in [-0.25, -0.2) is 4.39 Å². The molecule has 1 unspecified atom stereocenters. The Bertz CT molecular complexity index is 890. The average Bonchev–Trinajstić information content (AvgIpc) is 2.73. The summed E-state index contributed by atoms with van der Waals surface area (Å²) in [6.45, 7) is 2.61. The average molecular weight is 379 g/mol. The van der Waals surface area contributed by atoms with Crippen LogP contribution >= 0.6 is 0 Å². The molecule has 0 spiro atoms. The minimum absolute atomic E-state index is 0.172. The van der Waals surface area contributed by atoms with Gasteiger partial charge in [-0.3, -0.25) is 4.90 Å². The first-order valence-corrected chi connectivity index (χ1v) is 9.95. The Hall–Kier alpha value is -2.43. The Morgan fingerprint density at radius 1 is 1.04 bits per heavy atom. The third kappa shape index (κ3) is 4.51. The highest BCUT2D eigenvalue weighted by Gasteiger charge is 2.19. The van der Waals surface area contributed by atoms with Crippen LogP contribution in [0.5, 0.6) is 5.75 Å². The van der Waals surface area contributed by atoms with Crippen LogP contribution in [0.4, 0.5) is 4.39 Å². The third-order valence-corrected chi connectivity index (χ3v) is 5.36. The van der Waals surface area contributed by atoms with E-state index >= 15 is 0 Å². The minimum Gasteiger partial charge on any atom is -0.491 e. The molecule has 0 bridgehead atoms. The summed E-state index contributed by atoms with van der Waals surface area (Å²) < 4.78 is 19.9. The molecule has 1 heterocycles. The molecule has 28 heavy (non-hydrogen) atoms. The number of β-amino-alcohol motifs (C(OH)–C–C–N with tert-alkyl or cyclic N) is 1. The molecule has 0 fully saturated rings. The van der Waals surface area contributed by atoms with E-state index in [1.807, 2.05) is 30.3 Å². The van der Waals surface area contributed by atoms with Crippen molar-refractivity contribution in [2.75, 3.05) is 19.7 Å². The molecule has 1 aliphatic carbocycles. The van der Waals surface area contributed by atoms with E-state index in [4.69, 9.17) is 4.74 Å². The quantitative estimate of drug-likeness (QED) is 0.801. The van der Waals surface area contributed by atoms with Crippen molar-refractivity contribution in [1.29, 1.82) is 0 Å². The lowest BCUT2D eigenvalue weighted by atomic mass is 9.98. The number of hydrogen-bond donors (Lipinski definition) is 1. The van der Waals surface area contributed by atoms with E-state index in [1.54, 1.807) is 6.08 Å². The lowest BCUT2D eigenvalue weighted by Crippen LogP contribution is -2.38. The first-order valence-electron chi connectivity index (χ1n) is 9.95. The molecule has 1 N–H and O–H groups in total. The second-order valence-electron chi connectivity index (χ2n) is 7.49. The van der Waals surface area contributed by atoms with Crippen LogP contribution < -0.4 is 4.74 Å². The summed E-state index contributed by atoms with van der Waals surface area (Å²) in [5, 5.41) is 10.4. The summed E-state index contributed by atoms with van der Waals surface area (Å²) in [7, 11) is 0. The molecule has 0 amide bonds. The van der Waals surface area contributed by atoms with Gasteiger partial charge in [-0.2, -0.15) is 0 Å². The normalized spacial score (nSPS) is 18.1. The van der Waals surface area contributed by atoms with E-state index in [2.05, 4.69) is 29.2 Å². The highest BCUT2D eigenvalue weighted by molar-refractivity contribution is 5.78. The highest BCUT2D eigenvalue weighted by atomic mass is 19.1. The van der Waals surface area contributed by atoms with Gasteiger partial charge in [-0.05, 0) is 54.2 Å². The molecule has 3 nitrogen and oxygen atoms in total. The number of rotatable bonds is 6. The van der Waals surface area contributed by atoms with Crippen molar-refractivity contribution < 1.29 is 14.2 Å². The summed E-state index contributed by atoms with van der Waals surface area (Å²) in [5.74, 6) is 0.480. The number of allylic oxidation sites excluding steroid dienone is 4. The first kappa shape index (κ1) is 18.9. The van der Waals surface area contributed by atoms with Crippen LogP contribution in [-0.4, -0.2) is 35.8 Å². The fourth-order valence-corrected chi connectivity index (χ4v) is 3.91. The Balaban J connectivity index is 1.32. The molecule has 4 heteroatoms. The predicted molar refractivity (Wildman–Crippen MR) is 110 cm³/mol. The maximum absolute atomic E-state index is 14.1. The molecule has 0 saturated heterocycles. The third-order valence-electron chi connectivity index (χ3n) is 5.36. The van der Waals surface area contributed by atoms with Crippen molar-refractivity contribution in [2.24, 2.45) is 0 Å². The summed E-state index contributed by atoms with van der Waals surface area (Å²) in [5.41, 5.74) is 4.18. The molecule has 2 aliphatic rings. The SMILES string of the molecule is OC(COc1cccc(C2=CCCC=C2F)c1)CN1CCc2ccccc2C1. The maximum Gasteiger partial charge on any atom is 0.126 e.